The fourth-order valence-corrected chi connectivity index (χ4v) is 1.58. The smallest absolute Gasteiger partial charge is 0.407 e. The van der Waals surface area contributed by atoms with Crippen molar-refractivity contribution in [2.75, 3.05) is 13.2 Å². The van der Waals surface area contributed by atoms with E-state index < -0.39 is 5.24 Å². The molecule has 5 heteroatoms. The van der Waals surface area contributed by atoms with Crippen molar-refractivity contribution in [1.82, 2.24) is 0 Å². The fraction of sp³-hybridized carbons (Fsp3) is 0.300. The van der Waals surface area contributed by atoms with Crippen molar-refractivity contribution in [1.29, 1.82) is 0 Å². The van der Waals surface area contributed by atoms with Gasteiger partial charge in [-0.3, -0.25) is 4.79 Å². The first kappa shape index (κ1) is 10.7. The average molecular weight is 224 g/mol. The molecule has 1 aliphatic heterocycles. The lowest BCUT2D eigenvalue weighted by molar-refractivity contribution is 0.108. The third-order valence-electron chi connectivity index (χ3n) is 2.24. The van der Waals surface area contributed by atoms with Gasteiger partial charge in [0.25, 0.3) is 5.24 Å². The van der Waals surface area contributed by atoms with Crippen LogP contribution in [-0.2, 0) is 9.31 Å². The van der Waals surface area contributed by atoms with Gasteiger partial charge in [-0.15, -0.1) is 0 Å². The van der Waals surface area contributed by atoms with E-state index >= 15 is 0 Å². The third kappa shape index (κ3) is 2.59. The molecule has 15 heavy (non-hydrogen) atoms. The normalized spacial score (nSPS) is 16.5. The molecule has 0 spiro atoms. The number of benzene rings is 1. The van der Waals surface area contributed by atoms with E-state index in [-0.39, 0.29) is 7.12 Å². The monoisotopic (exact) mass is 224 g/mol. The highest BCUT2D eigenvalue weighted by atomic mass is 35.5. The van der Waals surface area contributed by atoms with E-state index in [1.54, 1.807) is 24.3 Å². The first-order valence-corrected chi connectivity index (χ1v) is 5.18. The van der Waals surface area contributed by atoms with Crippen LogP contribution in [0.15, 0.2) is 24.3 Å². The lowest BCUT2D eigenvalue weighted by Crippen LogP contribution is -2.40. The van der Waals surface area contributed by atoms with Gasteiger partial charge in [0.2, 0.25) is 0 Å². The van der Waals surface area contributed by atoms with E-state index in [1.807, 2.05) is 0 Å². The van der Waals surface area contributed by atoms with Crippen molar-refractivity contribution in [3.05, 3.63) is 29.8 Å². The van der Waals surface area contributed by atoms with Crippen LogP contribution in [0.1, 0.15) is 16.8 Å². The molecule has 0 radical (unpaired) electrons. The molecule has 1 heterocycles. The molecule has 1 aliphatic rings. The van der Waals surface area contributed by atoms with Crippen LogP contribution in [0.3, 0.4) is 0 Å². The van der Waals surface area contributed by atoms with Gasteiger partial charge in [0.05, 0.1) is 0 Å². The first-order chi connectivity index (χ1) is 7.27. The third-order valence-corrected chi connectivity index (χ3v) is 2.46. The number of hydrogen-bond donors (Lipinski definition) is 0. The minimum Gasteiger partial charge on any atom is -0.407 e. The van der Waals surface area contributed by atoms with E-state index in [0.29, 0.717) is 18.8 Å². The van der Waals surface area contributed by atoms with Gasteiger partial charge in [0, 0.05) is 18.8 Å². The van der Waals surface area contributed by atoms with Gasteiger partial charge in [-0.2, -0.15) is 0 Å². The molecule has 1 aromatic carbocycles. The average Bonchev–Trinajstić information content (AvgIpc) is 2.30. The number of rotatable bonds is 2. The second kappa shape index (κ2) is 4.79. The lowest BCUT2D eigenvalue weighted by Gasteiger charge is -2.19. The number of hydrogen-bond acceptors (Lipinski definition) is 3. The Kier molecular flexibility index (Phi) is 3.41. The summed E-state index contributed by atoms with van der Waals surface area (Å²) in [5, 5.41) is -0.452. The Balaban J connectivity index is 2.11. The summed E-state index contributed by atoms with van der Waals surface area (Å²) in [5.74, 6) is 0. The molecule has 78 valence electrons. The van der Waals surface area contributed by atoms with E-state index in [2.05, 4.69) is 0 Å². The largest absolute Gasteiger partial charge is 0.493 e. The molecule has 1 fully saturated rings. The molecule has 0 saturated carbocycles. The van der Waals surface area contributed by atoms with Gasteiger partial charge >= 0.3 is 7.12 Å². The maximum absolute atomic E-state index is 10.8. The van der Waals surface area contributed by atoms with Crippen LogP contribution in [-0.4, -0.2) is 25.6 Å². The second-order valence-electron chi connectivity index (χ2n) is 3.32. The van der Waals surface area contributed by atoms with Gasteiger partial charge in [-0.1, -0.05) is 24.3 Å². The number of halogens is 1. The van der Waals surface area contributed by atoms with Crippen molar-refractivity contribution in [3.8, 4) is 0 Å². The molecule has 3 nitrogen and oxygen atoms in total. The molecule has 0 amide bonds. The Labute approximate surface area is 93.5 Å². The molecule has 0 bridgehead atoms. The quantitative estimate of drug-likeness (QED) is 0.559. The van der Waals surface area contributed by atoms with Crippen LogP contribution in [0.25, 0.3) is 0 Å². The predicted octanol–water partition coefficient (Wildman–Crippen LogP) is 1.20. The summed E-state index contributed by atoms with van der Waals surface area (Å²) in [6.45, 7) is 1.42. The summed E-state index contributed by atoms with van der Waals surface area (Å²) in [7, 11) is -0.307. The van der Waals surface area contributed by atoms with Crippen molar-refractivity contribution in [3.63, 3.8) is 0 Å². The Morgan fingerprint density at radius 1 is 1.20 bits per heavy atom. The van der Waals surface area contributed by atoms with Crippen LogP contribution >= 0.6 is 11.6 Å². The molecule has 2 rings (SSSR count). The summed E-state index contributed by atoms with van der Waals surface area (Å²) in [6.07, 6.45) is 0.925. The summed E-state index contributed by atoms with van der Waals surface area (Å²) in [4.78, 5) is 10.8. The molecule has 1 aromatic rings. The van der Waals surface area contributed by atoms with E-state index in [1.165, 1.54) is 0 Å². The Morgan fingerprint density at radius 2 is 1.80 bits per heavy atom. The topological polar surface area (TPSA) is 35.5 Å². The Morgan fingerprint density at radius 3 is 2.33 bits per heavy atom. The van der Waals surface area contributed by atoms with Crippen LogP contribution in [0, 0.1) is 0 Å². The molecule has 0 unspecified atom stereocenters. The molecular formula is C10H10BClO3. The highest BCUT2D eigenvalue weighted by molar-refractivity contribution is 6.68. The molecule has 1 saturated heterocycles. The van der Waals surface area contributed by atoms with Crippen LogP contribution in [0.5, 0.6) is 0 Å². The fourth-order valence-electron chi connectivity index (χ4n) is 1.45. The first-order valence-electron chi connectivity index (χ1n) is 4.80. The molecule has 0 aliphatic carbocycles. The van der Waals surface area contributed by atoms with E-state index in [4.69, 9.17) is 20.9 Å². The zero-order valence-electron chi connectivity index (χ0n) is 8.11. The second-order valence-corrected chi connectivity index (χ2v) is 3.67. The van der Waals surface area contributed by atoms with Crippen molar-refractivity contribution >= 4 is 29.4 Å². The zero-order valence-corrected chi connectivity index (χ0v) is 8.87. The van der Waals surface area contributed by atoms with Crippen LogP contribution < -0.4 is 5.46 Å². The predicted molar refractivity (Wildman–Crippen MR) is 58.5 cm³/mol. The van der Waals surface area contributed by atoms with Gasteiger partial charge < -0.3 is 9.31 Å². The van der Waals surface area contributed by atoms with E-state index in [9.17, 15) is 4.79 Å². The Bertz CT molecular complexity index is 346. The molecule has 0 atom stereocenters. The van der Waals surface area contributed by atoms with Crippen molar-refractivity contribution in [2.24, 2.45) is 0 Å². The number of carbonyl (C=O) groups excluding carboxylic acids is 1. The standard InChI is InChI=1S/C10H10BClO3/c12-10(13)8-2-4-9(5-3-8)11-14-6-1-7-15-11/h2-5H,1,6-7H2. The van der Waals surface area contributed by atoms with Crippen molar-refractivity contribution in [2.45, 2.75) is 6.42 Å². The summed E-state index contributed by atoms with van der Waals surface area (Å²) < 4.78 is 10.8. The van der Waals surface area contributed by atoms with Gasteiger partial charge in [0.15, 0.2) is 0 Å². The van der Waals surface area contributed by atoms with Gasteiger partial charge in [-0.05, 0) is 23.5 Å². The van der Waals surface area contributed by atoms with Crippen LogP contribution in [0.2, 0.25) is 0 Å². The Hall–Kier alpha value is -0.835. The van der Waals surface area contributed by atoms with Gasteiger partial charge in [0.1, 0.15) is 0 Å². The molecular weight excluding hydrogens is 214 g/mol. The maximum Gasteiger partial charge on any atom is 0.493 e. The van der Waals surface area contributed by atoms with Gasteiger partial charge in [-0.25, -0.2) is 0 Å². The van der Waals surface area contributed by atoms with E-state index in [0.717, 1.165) is 11.9 Å². The maximum atomic E-state index is 10.8. The highest BCUT2D eigenvalue weighted by Gasteiger charge is 2.24. The minimum atomic E-state index is -0.452. The summed E-state index contributed by atoms with van der Waals surface area (Å²) >= 11 is 5.34. The number of carbonyl (C=O) groups is 1. The minimum absolute atomic E-state index is 0.307. The zero-order chi connectivity index (χ0) is 10.7. The SMILES string of the molecule is O=C(Cl)c1ccc(B2OCCCO2)cc1. The van der Waals surface area contributed by atoms with Crippen molar-refractivity contribution < 1.29 is 14.1 Å². The molecule has 0 N–H and O–H groups in total. The highest BCUT2D eigenvalue weighted by Crippen LogP contribution is 2.05. The lowest BCUT2D eigenvalue weighted by atomic mass is 9.78. The van der Waals surface area contributed by atoms with Crippen LogP contribution in [0.4, 0.5) is 0 Å². The molecule has 0 aromatic heterocycles. The summed E-state index contributed by atoms with van der Waals surface area (Å²) in [5.41, 5.74) is 1.40. The summed E-state index contributed by atoms with van der Waals surface area (Å²) in [6, 6.07) is 6.94.